The van der Waals surface area contributed by atoms with Crippen LogP contribution >= 0.6 is 0 Å². The predicted molar refractivity (Wildman–Crippen MR) is 119 cm³/mol. The van der Waals surface area contributed by atoms with Gasteiger partial charge in [-0.05, 0) is 28.7 Å². The summed E-state index contributed by atoms with van der Waals surface area (Å²) in [7, 11) is 0. The molecule has 2 aliphatic heterocycles. The minimum atomic E-state index is -3.53. The number of nitrogens with one attached hydrogen (secondary N) is 1. The molecule has 1 unspecified atom stereocenters. The van der Waals surface area contributed by atoms with Gasteiger partial charge in [-0.1, -0.05) is 48.5 Å². The molecule has 3 aliphatic rings. The van der Waals surface area contributed by atoms with Crippen LogP contribution in [0.25, 0.3) is 11.1 Å². The molecule has 2 fully saturated rings. The fourth-order valence-corrected chi connectivity index (χ4v) is 5.16. The van der Waals surface area contributed by atoms with Crippen molar-refractivity contribution in [3.63, 3.8) is 0 Å². The quantitative estimate of drug-likeness (QED) is 0.674. The van der Waals surface area contributed by atoms with Crippen LogP contribution < -0.4 is 5.32 Å². The number of alkyl carbamates (subject to hydrolysis) is 1. The second-order valence-corrected chi connectivity index (χ2v) is 9.03. The lowest BCUT2D eigenvalue weighted by Crippen LogP contribution is -2.49. The lowest BCUT2D eigenvalue weighted by Gasteiger charge is -2.24. The van der Waals surface area contributed by atoms with Gasteiger partial charge in [0.2, 0.25) is 0 Å². The van der Waals surface area contributed by atoms with Gasteiger partial charge in [0.05, 0.1) is 12.6 Å². The zero-order chi connectivity index (χ0) is 24.7. The molecule has 3 atom stereocenters. The van der Waals surface area contributed by atoms with Gasteiger partial charge in [0.25, 0.3) is 11.8 Å². The molecule has 8 nitrogen and oxygen atoms in total. The number of carboxylic acids is 1. The van der Waals surface area contributed by atoms with Crippen molar-refractivity contribution >= 4 is 18.0 Å². The molecule has 2 saturated heterocycles. The smallest absolute Gasteiger partial charge is 0.407 e. The van der Waals surface area contributed by atoms with E-state index in [0.29, 0.717) is 6.42 Å². The number of amides is 2. The molecule has 5 rings (SSSR count). The number of benzene rings is 2. The Kier molecular flexibility index (Phi) is 5.92. The fourth-order valence-electron chi connectivity index (χ4n) is 5.16. The SMILES string of the molecule is O=C(N[C@@H]1CCO[C@@H]1C(=O)N1CC(C(=O)O)C(F)(F)C1)OCC1c2ccccc2-c2ccccc21. The van der Waals surface area contributed by atoms with E-state index < -0.39 is 55.0 Å². The Morgan fingerprint density at radius 2 is 1.71 bits per heavy atom. The van der Waals surface area contributed by atoms with Crippen molar-refractivity contribution in [2.45, 2.75) is 30.4 Å². The number of hydrogen-bond donors (Lipinski definition) is 2. The van der Waals surface area contributed by atoms with Gasteiger partial charge in [0, 0.05) is 19.1 Å². The molecule has 2 aromatic rings. The summed E-state index contributed by atoms with van der Waals surface area (Å²) in [4.78, 5) is 37.3. The monoisotopic (exact) mass is 486 g/mol. The number of halogens is 2. The zero-order valence-electron chi connectivity index (χ0n) is 18.7. The lowest BCUT2D eigenvalue weighted by atomic mass is 9.98. The highest BCUT2D eigenvalue weighted by Gasteiger charge is 2.55. The van der Waals surface area contributed by atoms with Crippen molar-refractivity contribution < 1.29 is 37.7 Å². The number of hydrogen-bond acceptors (Lipinski definition) is 5. The number of alkyl halides is 2. The summed E-state index contributed by atoms with van der Waals surface area (Å²) in [6.45, 7) is -1.37. The molecule has 10 heteroatoms. The van der Waals surface area contributed by atoms with Gasteiger partial charge in [-0.15, -0.1) is 0 Å². The van der Waals surface area contributed by atoms with Crippen molar-refractivity contribution in [1.82, 2.24) is 10.2 Å². The van der Waals surface area contributed by atoms with Crippen LogP contribution in [0.5, 0.6) is 0 Å². The molecule has 2 heterocycles. The lowest BCUT2D eigenvalue weighted by molar-refractivity contribution is -0.151. The third kappa shape index (κ3) is 4.22. The second kappa shape index (κ2) is 8.92. The zero-order valence-corrected chi connectivity index (χ0v) is 18.7. The Bertz CT molecular complexity index is 1130. The van der Waals surface area contributed by atoms with E-state index in [1.54, 1.807) is 0 Å². The molecule has 1 aliphatic carbocycles. The summed E-state index contributed by atoms with van der Waals surface area (Å²) in [6.07, 6.45) is -1.62. The molecule has 2 N–H and O–H groups in total. The number of likely N-dealkylation sites (tertiary alicyclic amines) is 1. The predicted octanol–water partition coefficient (Wildman–Crippen LogP) is 2.86. The van der Waals surface area contributed by atoms with Gasteiger partial charge in [0.15, 0.2) is 6.10 Å². The molecule has 0 spiro atoms. The first kappa shape index (κ1) is 23.2. The van der Waals surface area contributed by atoms with Gasteiger partial charge < -0.3 is 24.8 Å². The molecular formula is C25H24F2N2O6. The van der Waals surface area contributed by atoms with Gasteiger partial charge in [-0.3, -0.25) is 9.59 Å². The third-order valence-electron chi connectivity index (χ3n) is 6.91. The van der Waals surface area contributed by atoms with Gasteiger partial charge in [0.1, 0.15) is 12.5 Å². The summed E-state index contributed by atoms with van der Waals surface area (Å²) in [5.74, 6) is -8.07. The summed E-state index contributed by atoms with van der Waals surface area (Å²) < 4.78 is 39.0. The number of aliphatic carboxylic acids is 1. The Morgan fingerprint density at radius 1 is 1.09 bits per heavy atom. The fraction of sp³-hybridized carbons (Fsp3) is 0.400. The third-order valence-corrected chi connectivity index (χ3v) is 6.91. The van der Waals surface area contributed by atoms with E-state index in [1.165, 1.54) is 0 Å². The molecule has 2 aromatic carbocycles. The summed E-state index contributed by atoms with van der Waals surface area (Å²) in [5.41, 5.74) is 4.30. The Balaban J connectivity index is 1.21. The number of nitrogens with zero attached hydrogens (tertiary/aromatic N) is 1. The largest absolute Gasteiger partial charge is 0.481 e. The molecule has 0 bridgehead atoms. The van der Waals surface area contributed by atoms with E-state index in [0.717, 1.165) is 27.2 Å². The van der Waals surface area contributed by atoms with Crippen molar-refractivity contribution in [3.05, 3.63) is 59.7 Å². The van der Waals surface area contributed by atoms with E-state index in [2.05, 4.69) is 5.32 Å². The second-order valence-electron chi connectivity index (χ2n) is 9.03. The molecule has 0 radical (unpaired) electrons. The van der Waals surface area contributed by atoms with E-state index in [-0.39, 0.29) is 19.1 Å². The number of rotatable bonds is 5. The van der Waals surface area contributed by atoms with Crippen LogP contribution in [0.4, 0.5) is 13.6 Å². The summed E-state index contributed by atoms with van der Waals surface area (Å²) >= 11 is 0. The Hall–Kier alpha value is -3.53. The highest BCUT2D eigenvalue weighted by molar-refractivity contribution is 5.85. The maximum absolute atomic E-state index is 14.0. The molecule has 35 heavy (non-hydrogen) atoms. The van der Waals surface area contributed by atoms with Crippen LogP contribution in [0.15, 0.2) is 48.5 Å². The minimum absolute atomic E-state index is 0.0880. The Labute approximate surface area is 199 Å². The number of fused-ring (bicyclic) bond motifs is 3. The van der Waals surface area contributed by atoms with Crippen LogP contribution in [0.1, 0.15) is 23.5 Å². The highest BCUT2D eigenvalue weighted by atomic mass is 19.3. The van der Waals surface area contributed by atoms with Crippen molar-refractivity contribution in [2.24, 2.45) is 5.92 Å². The Morgan fingerprint density at radius 3 is 2.31 bits per heavy atom. The number of carbonyl (C=O) groups excluding carboxylic acids is 2. The van der Waals surface area contributed by atoms with Crippen LogP contribution in [-0.4, -0.2) is 72.3 Å². The minimum Gasteiger partial charge on any atom is -0.481 e. The first-order valence-electron chi connectivity index (χ1n) is 11.4. The van der Waals surface area contributed by atoms with Crippen LogP contribution in [-0.2, 0) is 19.1 Å². The van der Waals surface area contributed by atoms with Crippen LogP contribution in [0.2, 0.25) is 0 Å². The standard InChI is InChI=1S/C25H24F2N2O6/c26-25(27)13-29(11-19(25)23(31)32)22(30)21-20(9-10-34-21)28-24(33)35-12-18-16-7-3-1-5-14(16)15-6-2-4-8-17(15)18/h1-8,18-21H,9-13H2,(H,28,33)(H,31,32)/t19?,20-,21+/m1/s1. The first-order chi connectivity index (χ1) is 16.8. The average Bonchev–Trinajstić information content (AvgIpc) is 3.51. The van der Waals surface area contributed by atoms with Crippen molar-refractivity contribution in [1.29, 1.82) is 0 Å². The number of carbonyl (C=O) groups is 3. The first-order valence-corrected chi connectivity index (χ1v) is 11.4. The maximum atomic E-state index is 14.0. The summed E-state index contributed by atoms with van der Waals surface area (Å²) in [5, 5.41) is 11.7. The van der Waals surface area contributed by atoms with Crippen LogP contribution in [0, 0.1) is 5.92 Å². The van der Waals surface area contributed by atoms with E-state index >= 15 is 0 Å². The topological polar surface area (TPSA) is 105 Å². The van der Waals surface area contributed by atoms with Crippen molar-refractivity contribution in [2.75, 3.05) is 26.3 Å². The molecule has 0 saturated carbocycles. The maximum Gasteiger partial charge on any atom is 0.407 e. The van der Waals surface area contributed by atoms with Crippen LogP contribution in [0.3, 0.4) is 0 Å². The highest BCUT2D eigenvalue weighted by Crippen LogP contribution is 2.44. The van der Waals surface area contributed by atoms with E-state index in [1.807, 2.05) is 48.5 Å². The van der Waals surface area contributed by atoms with Crippen molar-refractivity contribution in [3.8, 4) is 11.1 Å². The number of carboxylic acid groups (broad SMARTS) is 1. The van der Waals surface area contributed by atoms with Gasteiger partial charge in [-0.25, -0.2) is 13.6 Å². The van der Waals surface area contributed by atoms with Gasteiger partial charge >= 0.3 is 12.1 Å². The summed E-state index contributed by atoms with van der Waals surface area (Å²) in [6, 6.07) is 15.1. The molecule has 184 valence electrons. The van der Waals surface area contributed by atoms with E-state index in [4.69, 9.17) is 14.6 Å². The number of ether oxygens (including phenoxy) is 2. The molecule has 0 aromatic heterocycles. The van der Waals surface area contributed by atoms with Gasteiger partial charge in [-0.2, -0.15) is 0 Å². The molecule has 2 amide bonds. The normalized spacial score (nSPS) is 24.6. The van der Waals surface area contributed by atoms with E-state index in [9.17, 15) is 23.2 Å². The average molecular weight is 486 g/mol. The molecular weight excluding hydrogens is 462 g/mol.